The van der Waals surface area contributed by atoms with E-state index in [1.807, 2.05) is 36.1 Å². The number of nitrogens with zero attached hydrogens (tertiary/aromatic N) is 3. The van der Waals surface area contributed by atoms with E-state index in [0.717, 1.165) is 30.9 Å². The van der Waals surface area contributed by atoms with Crippen LogP contribution in [-0.4, -0.2) is 56.3 Å². The Morgan fingerprint density at radius 3 is 2.58 bits per heavy atom. The largest absolute Gasteiger partial charge is 0.336 e. The van der Waals surface area contributed by atoms with Crippen LogP contribution in [0.15, 0.2) is 70.3 Å². The summed E-state index contributed by atoms with van der Waals surface area (Å²) in [7, 11) is -3.77. The molecular formula is C25H27N3O3S2. The molecule has 0 radical (unpaired) electrons. The minimum Gasteiger partial charge on any atom is -0.336 e. The number of rotatable bonds is 5. The number of piperazine rings is 1. The van der Waals surface area contributed by atoms with Crippen molar-refractivity contribution in [2.45, 2.75) is 30.8 Å². The molecule has 0 aliphatic carbocycles. The summed E-state index contributed by atoms with van der Waals surface area (Å²) in [5.74, 6) is -0.114. The van der Waals surface area contributed by atoms with Crippen LogP contribution in [0.1, 0.15) is 28.4 Å². The number of amides is 1. The van der Waals surface area contributed by atoms with Gasteiger partial charge in [0.05, 0.1) is 10.6 Å². The van der Waals surface area contributed by atoms with Crippen LogP contribution < -0.4 is 4.31 Å². The molecule has 3 aromatic rings. The SMILES string of the molecule is CC1Cc2ccccc2N1S(=O)(=O)c1cccc(C(=O)N2CCN(Cc3ccsc3)CC2)c1. The van der Waals surface area contributed by atoms with Crippen molar-refractivity contribution in [3.05, 3.63) is 82.0 Å². The summed E-state index contributed by atoms with van der Waals surface area (Å²) in [5.41, 5.74) is 3.47. The van der Waals surface area contributed by atoms with Gasteiger partial charge in [-0.1, -0.05) is 24.3 Å². The van der Waals surface area contributed by atoms with Gasteiger partial charge in [0.1, 0.15) is 0 Å². The molecule has 0 spiro atoms. The summed E-state index contributed by atoms with van der Waals surface area (Å²) >= 11 is 1.70. The molecule has 1 atom stereocenters. The van der Waals surface area contributed by atoms with Gasteiger partial charge < -0.3 is 4.90 Å². The standard InChI is InChI=1S/C25H27N3O3S2/c1-19-15-21-5-2-3-8-24(21)28(19)33(30,31)23-7-4-6-22(16-23)25(29)27-12-10-26(11-13-27)17-20-9-14-32-18-20/h2-9,14,16,18-19H,10-13,15,17H2,1H3. The number of para-hydroxylation sites is 1. The highest BCUT2D eigenvalue weighted by Gasteiger charge is 2.36. The molecule has 6 nitrogen and oxygen atoms in total. The second kappa shape index (κ2) is 8.93. The first-order valence-corrected chi connectivity index (χ1v) is 13.6. The van der Waals surface area contributed by atoms with Gasteiger partial charge in [0.15, 0.2) is 0 Å². The Balaban J connectivity index is 1.32. The number of carbonyl (C=O) groups is 1. The molecule has 0 bridgehead atoms. The van der Waals surface area contributed by atoms with Gasteiger partial charge in [-0.3, -0.25) is 14.0 Å². The van der Waals surface area contributed by atoms with Crippen molar-refractivity contribution in [2.24, 2.45) is 0 Å². The van der Waals surface area contributed by atoms with E-state index in [0.29, 0.717) is 25.1 Å². The van der Waals surface area contributed by atoms with Gasteiger partial charge in [0.25, 0.3) is 15.9 Å². The average Bonchev–Trinajstić information content (AvgIpc) is 3.46. The normalized spacial score (nSPS) is 19.0. The molecule has 1 fully saturated rings. The van der Waals surface area contributed by atoms with E-state index >= 15 is 0 Å². The summed E-state index contributed by atoms with van der Waals surface area (Å²) < 4.78 is 28.6. The molecule has 2 aliphatic rings. The first-order valence-electron chi connectivity index (χ1n) is 11.2. The van der Waals surface area contributed by atoms with Crippen LogP contribution in [0.25, 0.3) is 0 Å². The number of carbonyl (C=O) groups excluding carboxylic acids is 1. The summed E-state index contributed by atoms with van der Waals surface area (Å²) in [6.45, 7) is 5.70. The minimum atomic E-state index is -3.77. The van der Waals surface area contributed by atoms with Crippen molar-refractivity contribution in [1.29, 1.82) is 0 Å². The van der Waals surface area contributed by atoms with Gasteiger partial charge in [-0.25, -0.2) is 8.42 Å². The number of hydrogen-bond acceptors (Lipinski definition) is 5. The van der Waals surface area contributed by atoms with E-state index in [4.69, 9.17) is 0 Å². The molecule has 1 aromatic heterocycles. The fourth-order valence-corrected chi connectivity index (χ4v) is 7.14. The van der Waals surface area contributed by atoms with E-state index in [2.05, 4.69) is 21.7 Å². The number of hydrogen-bond donors (Lipinski definition) is 0. The molecule has 2 aliphatic heterocycles. The molecule has 172 valence electrons. The first kappa shape index (κ1) is 22.1. The Morgan fingerprint density at radius 2 is 1.82 bits per heavy atom. The summed E-state index contributed by atoms with van der Waals surface area (Å²) in [6, 6.07) is 16.1. The van der Waals surface area contributed by atoms with Gasteiger partial charge in [-0.2, -0.15) is 11.3 Å². The van der Waals surface area contributed by atoms with E-state index in [9.17, 15) is 13.2 Å². The second-order valence-corrected chi connectivity index (χ2v) is 11.3. The molecule has 0 saturated carbocycles. The van der Waals surface area contributed by atoms with Crippen LogP contribution in [0.3, 0.4) is 0 Å². The maximum Gasteiger partial charge on any atom is 0.264 e. The maximum atomic E-state index is 13.5. The Labute approximate surface area is 199 Å². The lowest BCUT2D eigenvalue weighted by molar-refractivity contribution is 0.0628. The number of sulfonamides is 1. The zero-order valence-corrected chi connectivity index (χ0v) is 20.2. The molecule has 1 amide bonds. The van der Waals surface area contributed by atoms with Gasteiger partial charge >= 0.3 is 0 Å². The van der Waals surface area contributed by atoms with E-state index < -0.39 is 10.0 Å². The zero-order chi connectivity index (χ0) is 23.0. The van der Waals surface area contributed by atoms with Crippen LogP contribution in [0.2, 0.25) is 0 Å². The summed E-state index contributed by atoms with van der Waals surface area (Å²) in [4.78, 5) is 17.5. The molecule has 5 rings (SSSR count). The highest BCUT2D eigenvalue weighted by Crippen LogP contribution is 2.36. The third-order valence-corrected chi connectivity index (χ3v) is 9.08. The topological polar surface area (TPSA) is 60.9 Å². The van der Waals surface area contributed by atoms with Crippen LogP contribution in [0, 0.1) is 0 Å². The molecular weight excluding hydrogens is 454 g/mol. The summed E-state index contributed by atoms with van der Waals surface area (Å²) in [6.07, 6.45) is 0.684. The quantitative estimate of drug-likeness (QED) is 0.556. The highest BCUT2D eigenvalue weighted by molar-refractivity contribution is 7.92. The van der Waals surface area contributed by atoms with E-state index in [1.54, 1.807) is 29.5 Å². The predicted molar refractivity (Wildman–Crippen MR) is 131 cm³/mol. The van der Waals surface area contributed by atoms with Crippen molar-refractivity contribution >= 4 is 33.0 Å². The molecule has 1 saturated heterocycles. The van der Waals surface area contributed by atoms with Gasteiger partial charge in [0, 0.05) is 44.3 Å². The van der Waals surface area contributed by atoms with Gasteiger partial charge in [0.2, 0.25) is 0 Å². The number of anilines is 1. The Hall–Kier alpha value is -2.68. The van der Waals surface area contributed by atoms with Gasteiger partial charge in [-0.15, -0.1) is 0 Å². The molecule has 0 N–H and O–H groups in total. The van der Waals surface area contributed by atoms with Crippen LogP contribution in [0.5, 0.6) is 0 Å². The van der Waals surface area contributed by atoms with Crippen molar-refractivity contribution in [3.63, 3.8) is 0 Å². The van der Waals surface area contributed by atoms with Gasteiger partial charge in [-0.05, 0) is 65.6 Å². The molecule has 2 aromatic carbocycles. The molecule has 33 heavy (non-hydrogen) atoms. The predicted octanol–water partition coefficient (Wildman–Crippen LogP) is 3.85. The van der Waals surface area contributed by atoms with Crippen LogP contribution in [-0.2, 0) is 23.0 Å². The third kappa shape index (κ3) is 4.30. The lowest BCUT2D eigenvalue weighted by Gasteiger charge is -2.34. The van der Waals surface area contributed by atoms with Crippen molar-refractivity contribution < 1.29 is 13.2 Å². The molecule has 8 heteroatoms. The molecule has 1 unspecified atom stereocenters. The van der Waals surface area contributed by atoms with Crippen LogP contribution >= 0.6 is 11.3 Å². The highest BCUT2D eigenvalue weighted by atomic mass is 32.2. The minimum absolute atomic E-state index is 0.114. The number of thiophene rings is 1. The van der Waals surface area contributed by atoms with Crippen molar-refractivity contribution in [3.8, 4) is 0 Å². The monoisotopic (exact) mass is 481 g/mol. The van der Waals surface area contributed by atoms with E-state index in [1.165, 1.54) is 15.9 Å². The zero-order valence-electron chi connectivity index (χ0n) is 18.6. The lowest BCUT2D eigenvalue weighted by Crippen LogP contribution is -2.48. The average molecular weight is 482 g/mol. The second-order valence-electron chi connectivity index (χ2n) is 8.71. The smallest absolute Gasteiger partial charge is 0.264 e. The van der Waals surface area contributed by atoms with Crippen molar-refractivity contribution in [2.75, 3.05) is 30.5 Å². The van der Waals surface area contributed by atoms with Crippen molar-refractivity contribution in [1.82, 2.24) is 9.80 Å². The van der Waals surface area contributed by atoms with Crippen LogP contribution in [0.4, 0.5) is 5.69 Å². The number of fused-ring (bicyclic) bond motifs is 1. The summed E-state index contributed by atoms with van der Waals surface area (Å²) in [5, 5.41) is 4.24. The fourth-order valence-electron chi connectivity index (χ4n) is 4.74. The lowest BCUT2D eigenvalue weighted by atomic mass is 10.1. The fraction of sp³-hybridized carbons (Fsp3) is 0.320. The Kier molecular flexibility index (Phi) is 5.99. The van der Waals surface area contributed by atoms with E-state index in [-0.39, 0.29) is 16.8 Å². The molecule has 3 heterocycles. The first-order chi connectivity index (χ1) is 15.9. The Bertz CT molecular complexity index is 1250. The Morgan fingerprint density at radius 1 is 1.03 bits per heavy atom. The third-order valence-electron chi connectivity index (χ3n) is 6.43. The maximum absolute atomic E-state index is 13.5. The number of benzene rings is 2.